The number of aryl methyl sites for hydroxylation is 1. The second-order valence-electron chi connectivity index (χ2n) is 13.3. The normalized spacial score (nSPS) is 14.9. The van der Waals surface area contributed by atoms with Crippen molar-refractivity contribution in [2.45, 2.75) is 76.9 Å². The number of carbonyl (C=O) groups is 2. The van der Waals surface area contributed by atoms with E-state index in [0.717, 1.165) is 28.0 Å². The number of hydrogen-bond donors (Lipinski definition) is 7. The number of aliphatic hydroxyl groups is 2. The van der Waals surface area contributed by atoms with Crippen LogP contribution in [0.4, 0.5) is 4.79 Å². The average molecular weight is 660 g/mol. The molecule has 4 rings (SSSR count). The van der Waals surface area contributed by atoms with Gasteiger partial charge in [-0.2, -0.15) is 0 Å². The van der Waals surface area contributed by atoms with E-state index in [9.17, 15) is 24.9 Å². The van der Waals surface area contributed by atoms with Gasteiger partial charge in [0, 0.05) is 26.1 Å². The van der Waals surface area contributed by atoms with E-state index in [1.54, 1.807) is 0 Å². The van der Waals surface area contributed by atoms with Crippen molar-refractivity contribution in [2.24, 2.45) is 5.41 Å². The number of carboxylic acid groups (broad SMARTS) is 1. The maximum atomic E-state index is 13.7. The third-order valence-electron chi connectivity index (χ3n) is 8.17. The number of H-pyrrole nitrogens is 1. The lowest BCUT2D eigenvalue weighted by atomic mass is 9.88. The largest absolute Gasteiger partial charge is 0.465 e. The number of nitrogens with zero attached hydrogens (tertiary/aromatic N) is 1. The van der Waals surface area contributed by atoms with Crippen molar-refractivity contribution in [3.05, 3.63) is 102 Å². The van der Waals surface area contributed by atoms with Gasteiger partial charge in [-0.1, -0.05) is 93.6 Å². The van der Waals surface area contributed by atoms with Crippen LogP contribution in [0.2, 0.25) is 0 Å². The monoisotopic (exact) mass is 659 g/mol. The van der Waals surface area contributed by atoms with Crippen molar-refractivity contribution in [2.75, 3.05) is 19.7 Å². The molecule has 0 spiro atoms. The van der Waals surface area contributed by atoms with E-state index in [0.29, 0.717) is 32.3 Å². The second kappa shape index (κ2) is 17.7. The van der Waals surface area contributed by atoms with Gasteiger partial charge in [0.25, 0.3) is 0 Å². The summed E-state index contributed by atoms with van der Waals surface area (Å²) in [5.74, 6) is 0.546. The number of nitrogens with one attached hydrogen (secondary N) is 4. The molecule has 7 N–H and O–H groups in total. The van der Waals surface area contributed by atoms with E-state index >= 15 is 0 Å². The van der Waals surface area contributed by atoms with Crippen LogP contribution in [0.3, 0.4) is 0 Å². The highest BCUT2D eigenvalue weighted by molar-refractivity contribution is 5.82. The summed E-state index contributed by atoms with van der Waals surface area (Å²) in [6.07, 6.45) is -2.06. The summed E-state index contributed by atoms with van der Waals surface area (Å²) in [6.45, 7) is 6.27. The van der Waals surface area contributed by atoms with Crippen LogP contribution in [-0.2, 0) is 28.8 Å². The fraction of sp³-hybridized carbons (Fsp3) is 0.432. The molecule has 4 aromatic rings. The van der Waals surface area contributed by atoms with Gasteiger partial charge in [0.1, 0.15) is 11.9 Å². The van der Waals surface area contributed by atoms with Gasteiger partial charge in [0.15, 0.2) is 0 Å². The highest BCUT2D eigenvalue weighted by Gasteiger charge is 2.35. The number of ether oxygens (including phenoxy) is 1. The summed E-state index contributed by atoms with van der Waals surface area (Å²) in [5, 5.41) is 40.0. The Labute approximate surface area is 282 Å². The summed E-state index contributed by atoms with van der Waals surface area (Å²) in [7, 11) is 0. The summed E-state index contributed by atoms with van der Waals surface area (Å²) < 4.78 is 6.18. The average Bonchev–Trinajstić information content (AvgIpc) is 3.47. The van der Waals surface area contributed by atoms with Gasteiger partial charge in [-0.05, 0) is 47.9 Å². The zero-order valence-corrected chi connectivity index (χ0v) is 27.9. The molecule has 0 aliphatic rings. The van der Waals surface area contributed by atoms with Gasteiger partial charge in [0.2, 0.25) is 5.91 Å². The lowest BCUT2D eigenvalue weighted by molar-refractivity contribution is -0.141. The molecule has 0 aliphatic carbocycles. The SMILES string of the molecule is CC(C)(C)C(OCCCc1nc2ccccc2[nH]1)C(=O)N[C@@H](Cc1ccccc1)C(O)CNC[C@@H](O)[C@H](Cc1ccccc1)NC(=O)O. The van der Waals surface area contributed by atoms with Gasteiger partial charge < -0.3 is 41.0 Å². The van der Waals surface area contributed by atoms with Crippen LogP contribution < -0.4 is 16.0 Å². The van der Waals surface area contributed by atoms with Gasteiger partial charge in [-0.25, -0.2) is 9.78 Å². The lowest BCUT2D eigenvalue weighted by Crippen LogP contribution is -2.55. The predicted molar refractivity (Wildman–Crippen MR) is 186 cm³/mol. The minimum Gasteiger partial charge on any atom is -0.465 e. The summed E-state index contributed by atoms with van der Waals surface area (Å²) in [6, 6.07) is 25.3. The Hall–Kier alpha value is -4.29. The maximum Gasteiger partial charge on any atom is 0.404 e. The number of benzene rings is 3. The predicted octanol–water partition coefficient (Wildman–Crippen LogP) is 3.84. The molecule has 0 bridgehead atoms. The Bertz CT molecular complexity index is 1530. The minimum atomic E-state index is -1.23. The number of fused-ring (bicyclic) bond motifs is 1. The van der Waals surface area contributed by atoms with Crippen LogP contribution in [0.15, 0.2) is 84.9 Å². The molecule has 0 radical (unpaired) electrons. The highest BCUT2D eigenvalue weighted by atomic mass is 16.5. The first-order chi connectivity index (χ1) is 23.0. The topological polar surface area (TPSA) is 169 Å². The number of amides is 2. The number of imidazole rings is 1. The molecule has 48 heavy (non-hydrogen) atoms. The molecule has 1 aromatic heterocycles. The zero-order chi connectivity index (χ0) is 34.5. The minimum absolute atomic E-state index is 0.0276. The molecule has 11 heteroatoms. The molecule has 2 unspecified atom stereocenters. The molecule has 11 nitrogen and oxygen atoms in total. The third-order valence-corrected chi connectivity index (χ3v) is 8.17. The van der Waals surface area contributed by atoms with E-state index in [4.69, 9.17) is 4.74 Å². The molecule has 0 saturated carbocycles. The first-order valence-corrected chi connectivity index (χ1v) is 16.5. The number of aromatic nitrogens is 2. The fourth-order valence-corrected chi connectivity index (χ4v) is 5.67. The van der Waals surface area contributed by atoms with E-state index in [-0.39, 0.29) is 19.0 Å². The van der Waals surface area contributed by atoms with Crippen LogP contribution in [0.1, 0.15) is 44.1 Å². The molecule has 2 amide bonds. The van der Waals surface area contributed by atoms with Gasteiger partial charge in [-0.15, -0.1) is 0 Å². The van der Waals surface area contributed by atoms with E-state index in [2.05, 4.69) is 25.9 Å². The first kappa shape index (κ1) is 36.5. The molecular weight excluding hydrogens is 610 g/mol. The Kier molecular flexibility index (Phi) is 13.5. The molecule has 5 atom stereocenters. The Morgan fingerprint density at radius 1 is 0.812 bits per heavy atom. The lowest BCUT2D eigenvalue weighted by Gasteiger charge is -2.33. The smallest absolute Gasteiger partial charge is 0.404 e. The van der Waals surface area contributed by atoms with Crippen molar-refractivity contribution >= 4 is 23.0 Å². The van der Waals surface area contributed by atoms with Crippen LogP contribution in [0.5, 0.6) is 0 Å². The van der Waals surface area contributed by atoms with Crippen LogP contribution in [-0.4, -0.2) is 87.4 Å². The number of carbonyl (C=O) groups excluding carboxylic acids is 1. The van der Waals surface area contributed by atoms with Crippen molar-refractivity contribution in [3.8, 4) is 0 Å². The maximum absolute atomic E-state index is 13.7. The second-order valence-corrected chi connectivity index (χ2v) is 13.3. The third kappa shape index (κ3) is 11.4. The van der Waals surface area contributed by atoms with E-state index in [1.807, 2.05) is 106 Å². The fourth-order valence-electron chi connectivity index (χ4n) is 5.67. The molecule has 0 fully saturated rings. The van der Waals surface area contributed by atoms with Gasteiger partial charge >= 0.3 is 6.09 Å². The van der Waals surface area contributed by atoms with Crippen molar-refractivity contribution in [3.63, 3.8) is 0 Å². The molecular formula is C37H49N5O6. The summed E-state index contributed by atoms with van der Waals surface area (Å²) in [5.41, 5.74) is 3.20. The number of rotatable bonds is 18. The molecule has 3 aromatic carbocycles. The Balaban J connectivity index is 1.35. The zero-order valence-electron chi connectivity index (χ0n) is 27.9. The molecule has 1 heterocycles. The number of aromatic amines is 1. The number of aliphatic hydroxyl groups excluding tert-OH is 2. The highest BCUT2D eigenvalue weighted by Crippen LogP contribution is 2.24. The standard InChI is InChI=1S/C37H49N5O6/c1-37(2,3)34(48-20-12-19-33-39-27-17-10-11-18-28(27)40-33)35(45)41-29(21-25-13-6-4-7-14-25)31(43)23-38-24-32(44)30(42-36(46)47)22-26-15-8-5-9-16-26/h4-11,13-18,29-32,34,38,42-44H,12,19-24H2,1-3H3,(H,39,40)(H,41,45)(H,46,47)/t29-,30-,31?,32+,34?/m0/s1. The summed E-state index contributed by atoms with van der Waals surface area (Å²) in [4.78, 5) is 33.1. The van der Waals surface area contributed by atoms with Crippen molar-refractivity contribution in [1.82, 2.24) is 25.9 Å². The van der Waals surface area contributed by atoms with Crippen LogP contribution >= 0.6 is 0 Å². The summed E-state index contributed by atoms with van der Waals surface area (Å²) >= 11 is 0. The molecule has 258 valence electrons. The molecule has 0 aliphatic heterocycles. The van der Waals surface area contributed by atoms with Gasteiger partial charge in [-0.3, -0.25) is 4.79 Å². The number of hydrogen-bond acceptors (Lipinski definition) is 7. The Morgan fingerprint density at radius 3 is 1.90 bits per heavy atom. The van der Waals surface area contributed by atoms with Gasteiger partial charge in [0.05, 0.1) is 35.3 Å². The van der Waals surface area contributed by atoms with Crippen LogP contribution in [0, 0.1) is 5.41 Å². The van der Waals surface area contributed by atoms with E-state index in [1.165, 1.54) is 0 Å². The number of para-hydroxylation sites is 2. The van der Waals surface area contributed by atoms with E-state index < -0.39 is 41.9 Å². The quantitative estimate of drug-likeness (QED) is 0.0791. The first-order valence-electron chi connectivity index (χ1n) is 16.5. The molecule has 0 saturated heterocycles. The van der Waals surface area contributed by atoms with Crippen LogP contribution in [0.25, 0.3) is 11.0 Å². The Morgan fingerprint density at radius 2 is 1.35 bits per heavy atom. The van der Waals surface area contributed by atoms with Crippen molar-refractivity contribution in [1.29, 1.82) is 0 Å². The van der Waals surface area contributed by atoms with Crippen molar-refractivity contribution < 1.29 is 29.6 Å².